The number of nitro groups is 1. The summed E-state index contributed by atoms with van der Waals surface area (Å²) in [5.41, 5.74) is -2.27. The minimum atomic E-state index is -1.48. The first kappa shape index (κ1) is 44.2. The number of nitro benzene ring substituents is 1. The van der Waals surface area contributed by atoms with Gasteiger partial charge in [0.2, 0.25) is 0 Å². The molecular formula is C41H54ClN3O11. The van der Waals surface area contributed by atoms with E-state index >= 15 is 0 Å². The van der Waals surface area contributed by atoms with E-state index in [0.717, 1.165) is 5.39 Å². The Morgan fingerprint density at radius 2 is 1.27 bits per heavy atom. The van der Waals surface area contributed by atoms with Crippen LogP contribution in [0.3, 0.4) is 0 Å². The van der Waals surface area contributed by atoms with E-state index in [0.29, 0.717) is 21.7 Å². The number of hydrogen-bond acceptors (Lipinski definition) is 12. The first-order valence-electron chi connectivity index (χ1n) is 18.4. The molecule has 15 heteroatoms. The predicted molar refractivity (Wildman–Crippen MR) is 208 cm³/mol. The van der Waals surface area contributed by atoms with Crippen LogP contribution >= 0.6 is 11.6 Å². The lowest BCUT2D eigenvalue weighted by molar-refractivity contribution is -0.384. The lowest BCUT2D eigenvalue weighted by Crippen LogP contribution is -2.67. The van der Waals surface area contributed by atoms with Crippen LogP contribution in [0.15, 0.2) is 48.7 Å². The molecule has 1 unspecified atom stereocenters. The zero-order chi connectivity index (χ0) is 42.1. The van der Waals surface area contributed by atoms with Gasteiger partial charge in [0, 0.05) is 34.3 Å². The van der Waals surface area contributed by atoms with Crippen LogP contribution in [0, 0.1) is 31.8 Å². The molecule has 0 aliphatic carbocycles. The van der Waals surface area contributed by atoms with Gasteiger partial charge in [0.1, 0.15) is 12.7 Å². The molecule has 1 saturated heterocycles. The summed E-state index contributed by atoms with van der Waals surface area (Å²) in [5, 5.41) is 16.3. The molecule has 3 aromatic rings. The van der Waals surface area contributed by atoms with Crippen LogP contribution in [0.2, 0.25) is 5.02 Å². The summed E-state index contributed by atoms with van der Waals surface area (Å²) in [4.78, 5) is 68.6. The Balaban J connectivity index is 1.96. The number of halogens is 1. The maximum Gasteiger partial charge on any atom is 0.311 e. The van der Waals surface area contributed by atoms with Crippen molar-refractivity contribution in [2.75, 3.05) is 6.61 Å². The van der Waals surface area contributed by atoms with Crippen molar-refractivity contribution in [3.8, 4) is 0 Å². The molecule has 1 aromatic heterocycles. The molecule has 1 aliphatic rings. The van der Waals surface area contributed by atoms with Crippen molar-refractivity contribution >= 4 is 52.1 Å². The van der Waals surface area contributed by atoms with Crippen molar-refractivity contribution in [1.29, 1.82) is 0 Å². The largest absolute Gasteiger partial charge is 0.462 e. The summed E-state index contributed by atoms with van der Waals surface area (Å²) in [7, 11) is 0. The molecule has 2 aromatic carbocycles. The molecule has 306 valence electrons. The zero-order valence-electron chi connectivity index (χ0n) is 34.1. The molecule has 4 rings (SSSR count). The van der Waals surface area contributed by atoms with Crippen LogP contribution < -0.4 is 5.32 Å². The molecule has 1 aliphatic heterocycles. The third-order valence-corrected chi connectivity index (χ3v) is 9.18. The minimum Gasteiger partial charge on any atom is -0.462 e. The summed E-state index contributed by atoms with van der Waals surface area (Å²) in [6, 6.07) is 10.3. The van der Waals surface area contributed by atoms with E-state index in [1.165, 1.54) is 12.1 Å². The fourth-order valence-electron chi connectivity index (χ4n) is 5.54. The molecule has 14 nitrogen and oxygen atoms in total. The van der Waals surface area contributed by atoms with Gasteiger partial charge in [-0.15, -0.1) is 0 Å². The third kappa shape index (κ3) is 10.6. The predicted octanol–water partition coefficient (Wildman–Crippen LogP) is 7.60. The van der Waals surface area contributed by atoms with Crippen molar-refractivity contribution in [2.45, 2.75) is 120 Å². The van der Waals surface area contributed by atoms with Gasteiger partial charge in [-0.2, -0.15) is 0 Å². The fourth-order valence-corrected chi connectivity index (χ4v) is 5.71. The Bertz CT molecular complexity index is 1930. The van der Waals surface area contributed by atoms with Crippen LogP contribution in [0.5, 0.6) is 0 Å². The molecule has 6 atom stereocenters. The number of non-ortho nitro benzene ring substituents is 1. The summed E-state index contributed by atoms with van der Waals surface area (Å²) in [6.45, 7) is 19.4. The number of nitrogens with zero attached hydrogens (tertiary/aromatic N) is 1. The molecule has 1 fully saturated rings. The average molecular weight is 800 g/mol. The quantitative estimate of drug-likeness (QED) is 0.0887. The standard InChI is InChI=1S/C41H54ClN3O11/c1-38(2,3)34(46)52-21-28-30(54-35(47)39(4,5)6)31(55-36(48)40(7,8)9)32(56-37(49)41(10,11)12)33(53-28)44-29(22-13-16-24(17-14-22)45(50)51)26-20-43-27-19-23(42)15-18-25(26)27/h13-20,28-33,43-44H,21H2,1-12H3/t28-,29?,30+,31+,32-,33-/m1/s1. The number of carbonyl (C=O) groups excluding carboxylic acids is 4. The van der Waals surface area contributed by atoms with Gasteiger partial charge in [-0.05, 0) is 106 Å². The summed E-state index contributed by atoms with van der Waals surface area (Å²) in [6.07, 6.45) is -5.22. The molecule has 0 radical (unpaired) electrons. The van der Waals surface area contributed by atoms with E-state index in [1.54, 1.807) is 114 Å². The van der Waals surface area contributed by atoms with Gasteiger partial charge in [-0.1, -0.05) is 29.8 Å². The fraction of sp³-hybridized carbons (Fsp3) is 0.561. The van der Waals surface area contributed by atoms with Gasteiger partial charge in [-0.3, -0.25) is 34.6 Å². The van der Waals surface area contributed by atoms with E-state index in [-0.39, 0.29) is 5.69 Å². The normalized spacial score (nSPS) is 21.2. The Kier molecular flexibility index (Phi) is 13.0. The van der Waals surface area contributed by atoms with Gasteiger partial charge in [0.25, 0.3) is 5.69 Å². The van der Waals surface area contributed by atoms with E-state index in [4.69, 9.17) is 35.3 Å². The summed E-state index contributed by atoms with van der Waals surface area (Å²) >= 11 is 6.31. The molecule has 2 N–H and O–H groups in total. The molecule has 0 spiro atoms. The van der Waals surface area contributed by atoms with Gasteiger partial charge in [-0.25, -0.2) is 0 Å². The molecular weight excluding hydrogens is 746 g/mol. The average Bonchev–Trinajstić information content (AvgIpc) is 3.49. The molecule has 0 saturated carbocycles. The first-order valence-corrected chi connectivity index (χ1v) is 18.8. The number of aromatic amines is 1. The molecule has 0 bridgehead atoms. The maximum atomic E-state index is 13.8. The Hall–Kier alpha value is -4.53. The number of aromatic nitrogens is 1. The van der Waals surface area contributed by atoms with E-state index in [9.17, 15) is 29.3 Å². The number of hydrogen-bond donors (Lipinski definition) is 2. The second kappa shape index (κ2) is 16.5. The van der Waals surface area contributed by atoms with Crippen molar-refractivity contribution in [2.24, 2.45) is 21.7 Å². The van der Waals surface area contributed by atoms with Crippen molar-refractivity contribution in [1.82, 2.24) is 10.3 Å². The van der Waals surface area contributed by atoms with Gasteiger partial charge >= 0.3 is 23.9 Å². The van der Waals surface area contributed by atoms with Crippen molar-refractivity contribution in [3.05, 3.63) is 74.9 Å². The Morgan fingerprint density at radius 1 is 0.768 bits per heavy atom. The lowest BCUT2D eigenvalue weighted by atomic mass is 9.91. The van der Waals surface area contributed by atoms with E-state index in [2.05, 4.69) is 10.3 Å². The first-order chi connectivity index (χ1) is 25.7. The number of H-pyrrole nitrogens is 1. The number of esters is 4. The number of nitrogens with one attached hydrogen (secondary N) is 2. The number of ether oxygens (including phenoxy) is 5. The Morgan fingerprint density at radius 3 is 1.77 bits per heavy atom. The second-order valence-electron chi connectivity index (χ2n) is 18.2. The number of benzene rings is 2. The van der Waals surface area contributed by atoms with E-state index < -0.39 is 93.8 Å². The highest BCUT2D eigenvalue weighted by Gasteiger charge is 2.55. The van der Waals surface area contributed by atoms with Crippen LogP contribution in [0.4, 0.5) is 5.69 Å². The monoisotopic (exact) mass is 799 g/mol. The summed E-state index contributed by atoms with van der Waals surface area (Å²) in [5.74, 6) is -2.62. The second-order valence-corrected chi connectivity index (χ2v) is 18.6. The van der Waals surface area contributed by atoms with Crippen LogP contribution in [-0.2, 0) is 42.9 Å². The highest BCUT2D eigenvalue weighted by molar-refractivity contribution is 6.31. The summed E-state index contributed by atoms with van der Waals surface area (Å²) < 4.78 is 30.9. The number of fused-ring (bicyclic) bond motifs is 1. The van der Waals surface area contributed by atoms with Crippen LogP contribution in [-0.4, -0.2) is 71.0 Å². The number of carbonyl (C=O) groups is 4. The van der Waals surface area contributed by atoms with Crippen LogP contribution in [0.1, 0.15) is 100 Å². The highest BCUT2D eigenvalue weighted by atomic mass is 35.5. The molecule has 0 amide bonds. The lowest BCUT2D eigenvalue weighted by Gasteiger charge is -2.47. The highest BCUT2D eigenvalue weighted by Crippen LogP contribution is 2.37. The minimum absolute atomic E-state index is 0.137. The van der Waals surface area contributed by atoms with Gasteiger partial charge < -0.3 is 28.7 Å². The van der Waals surface area contributed by atoms with Gasteiger partial charge in [0.15, 0.2) is 24.5 Å². The van der Waals surface area contributed by atoms with Crippen molar-refractivity contribution < 1.29 is 47.8 Å². The zero-order valence-corrected chi connectivity index (χ0v) is 34.9. The van der Waals surface area contributed by atoms with Crippen LogP contribution in [0.25, 0.3) is 10.9 Å². The maximum absolute atomic E-state index is 13.8. The Labute approximate surface area is 332 Å². The SMILES string of the molecule is CC(C)(C)C(=O)OC[C@H]1O[C@@H](NC(c2ccc([N+](=O)[O-])cc2)c2c[nH]c3cc(Cl)ccc23)[C@H](OC(=O)C(C)(C)C)[C@@H](OC(=O)C(C)(C)C)[C@H]1OC(=O)C(C)(C)C. The molecule has 2 heterocycles. The molecule has 56 heavy (non-hydrogen) atoms. The number of rotatable bonds is 10. The van der Waals surface area contributed by atoms with Gasteiger partial charge in [0.05, 0.1) is 32.6 Å². The topological polar surface area (TPSA) is 185 Å². The van der Waals surface area contributed by atoms with E-state index in [1.807, 2.05) is 6.07 Å². The smallest absolute Gasteiger partial charge is 0.311 e. The third-order valence-electron chi connectivity index (χ3n) is 8.95. The van der Waals surface area contributed by atoms with Crippen molar-refractivity contribution in [3.63, 3.8) is 0 Å².